The van der Waals surface area contributed by atoms with E-state index in [4.69, 9.17) is 10.5 Å². The summed E-state index contributed by atoms with van der Waals surface area (Å²) in [5, 5.41) is 12.3. The average Bonchev–Trinajstić information content (AvgIpc) is 3.99. The van der Waals surface area contributed by atoms with Crippen LogP contribution in [0.3, 0.4) is 0 Å². The fraction of sp³-hybridized carbons (Fsp3) is 0.444. The molecule has 0 spiro atoms. The molecule has 3 aliphatic heterocycles. The number of rotatable bonds is 5. The molecule has 0 saturated carbocycles. The molecule has 3 aliphatic rings. The van der Waals surface area contributed by atoms with E-state index in [2.05, 4.69) is 29.5 Å². The molecule has 3 fully saturated rings. The van der Waals surface area contributed by atoms with Crippen LogP contribution in [0, 0.1) is 29.9 Å². The van der Waals surface area contributed by atoms with Crippen LogP contribution in [0.4, 0.5) is 37.2 Å². The maximum Gasteiger partial charge on any atom is 0.417 e. The number of aryl methyl sites for hydroxylation is 1. The van der Waals surface area contributed by atoms with Crippen LogP contribution >= 0.6 is 22.9 Å². The highest BCUT2D eigenvalue weighted by molar-refractivity contribution is 7.23. The maximum absolute atomic E-state index is 15.9. The van der Waals surface area contributed by atoms with Crippen molar-refractivity contribution in [2.24, 2.45) is 0 Å². The molecular weight excluding hydrogens is 769 g/mol. The van der Waals surface area contributed by atoms with Gasteiger partial charge in [0.25, 0.3) is 5.91 Å². The summed E-state index contributed by atoms with van der Waals surface area (Å²) in [7, 11) is 1.23. The first-order valence-electron chi connectivity index (χ1n) is 17.5. The third-order valence-electron chi connectivity index (χ3n) is 9.51. The van der Waals surface area contributed by atoms with Crippen LogP contribution in [-0.4, -0.2) is 87.1 Å². The van der Waals surface area contributed by atoms with Gasteiger partial charge in [0.2, 0.25) is 5.01 Å². The summed E-state index contributed by atoms with van der Waals surface area (Å²) in [5.74, 6) is -1.42. The second-order valence-corrected chi connectivity index (χ2v) is 14.9. The van der Waals surface area contributed by atoms with Gasteiger partial charge in [-0.1, -0.05) is 6.07 Å². The molecule has 0 aliphatic carbocycles. The van der Waals surface area contributed by atoms with Gasteiger partial charge in [0.15, 0.2) is 5.82 Å². The highest BCUT2D eigenvalue weighted by atomic mass is 32.1. The largest absolute Gasteiger partial charge is 0.467 e. The Bertz CT molecular complexity index is 2240. The summed E-state index contributed by atoms with van der Waals surface area (Å²) in [6.45, 7) is 7.38. The number of nitrogens with two attached hydrogens (primary N) is 1. The van der Waals surface area contributed by atoms with Crippen molar-refractivity contribution in [1.29, 1.82) is 5.26 Å². The monoisotopic (exact) mass is 805 g/mol. The van der Waals surface area contributed by atoms with Crippen molar-refractivity contribution >= 4 is 60.6 Å². The van der Waals surface area contributed by atoms with Crippen LogP contribution < -0.4 is 15.8 Å². The van der Waals surface area contributed by atoms with E-state index in [1.165, 1.54) is 31.5 Å². The topological polar surface area (TPSA) is 146 Å². The molecule has 1 amide bonds. The van der Waals surface area contributed by atoms with Crippen molar-refractivity contribution in [3.63, 3.8) is 0 Å². The van der Waals surface area contributed by atoms with Gasteiger partial charge in [0.05, 0.1) is 22.9 Å². The maximum atomic E-state index is 15.9. The van der Waals surface area contributed by atoms with E-state index in [-0.39, 0.29) is 55.9 Å². The number of hydrogen-bond acceptors (Lipinski definition) is 12. The summed E-state index contributed by atoms with van der Waals surface area (Å²) < 4.78 is 94.2. The van der Waals surface area contributed by atoms with Crippen molar-refractivity contribution in [3.05, 3.63) is 51.8 Å². The van der Waals surface area contributed by atoms with Crippen molar-refractivity contribution < 1.29 is 35.9 Å². The number of carbonyl (C=O) groups is 1. The highest BCUT2D eigenvalue weighted by Crippen LogP contribution is 2.47. The number of ether oxygens (including phenoxy) is 1. The number of carbonyl (C=O) groups excluding carboxylic acids is 1. The van der Waals surface area contributed by atoms with Crippen molar-refractivity contribution in [3.8, 4) is 23.2 Å². The van der Waals surface area contributed by atoms with E-state index in [0.717, 1.165) is 57.1 Å². The molecule has 3 N–H and O–H groups in total. The molecule has 2 atom stereocenters. The lowest BCUT2D eigenvalue weighted by Crippen LogP contribution is -2.27. The Morgan fingerprint density at radius 1 is 1.15 bits per heavy atom. The molecule has 19 heteroatoms. The van der Waals surface area contributed by atoms with Crippen LogP contribution in [0.5, 0.6) is 6.01 Å². The van der Waals surface area contributed by atoms with E-state index in [0.29, 0.717) is 34.8 Å². The Balaban J connectivity index is 0.000000187. The molecule has 6 heterocycles. The van der Waals surface area contributed by atoms with Crippen LogP contribution in [-0.2, 0) is 6.18 Å². The fourth-order valence-corrected chi connectivity index (χ4v) is 8.65. The number of halogens is 6. The lowest BCUT2D eigenvalue weighted by Gasteiger charge is -2.18. The predicted molar refractivity (Wildman–Crippen MR) is 199 cm³/mol. The molecular formula is C36H37F6N9O2S2. The zero-order valence-corrected chi connectivity index (χ0v) is 31.7. The molecule has 292 valence electrons. The van der Waals surface area contributed by atoms with Crippen molar-refractivity contribution in [2.45, 2.75) is 64.3 Å². The number of thiophene rings is 1. The first-order valence-corrected chi connectivity index (χ1v) is 19.1. The smallest absolute Gasteiger partial charge is 0.417 e. The number of nitrogens with one attached hydrogen (secondary N) is 1. The predicted octanol–water partition coefficient (Wildman–Crippen LogP) is 7.98. The Labute approximate surface area is 320 Å². The normalized spacial score (nSPS) is 18.1. The Morgan fingerprint density at radius 3 is 2.51 bits per heavy atom. The highest BCUT2D eigenvalue weighted by Gasteiger charge is 2.38. The van der Waals surface area contributed by atoms with E-state index in [1.807, 2.05) is 4.90 Å². The summed E-state index contributed by atoms with van der Waals surface area (Å²) in [5.41, 5.74) is 2.59. The van der Waals surface area contributed by atoms with Crippen LogP contribution in [0.15, 0.2) is 18.2 Å². The molecule has 3 aromatic heterocycles. The van der Waals surface area contributed by atoms with Crippen molar-refractivity contribution in [2.75, 3.05) is 50.9 Å². The first-order chi connectivity index (χ1) is 26.2. The van der Waals surface area contributed by atoms with Gasteiger partial charge in [-0.2, -0.15) is 32.8 Å². The Kier molecular flexibility index (Phi) is 12.0. The second-order valence-electron chi connectivity index (χ2n) is 13.1. The molecule has 2 aromatic carbocycles. The quantitative estimate of drug-likeness (QED) is 0.168. The van der Waals surface area contributed by atoms with Crippen molar-refractivity contribution in [1.82, 2.24) is 29.1 Å². The van der Waals surface area contributed by atoms with Gasteiger partial charge in [-0.3, -0.25) is 9.69 Å². The van der Waals surface area contributed by atoms with Gasteiger partial charge in [-0.05, 0) is 81.7 Å². The second kappa shape index (κ2) is 16.5. The zero-order valence-electron chi connectivity index (χ0n) is 30.1. The SMILES string of the molecule is CCNc1nc(OC)nc2c(F)c(-c3ccc(F)c4sc(N)c(C#N)c34)c(C(F)(F)F)cc12.Cc1nsc(C(=O)N2CCCC2)n1.FC1CC2CCCN2C1. The number of nitrogen functional groups attached to an aromatic ring is 1. The van der Waals surface area contributed by atoms with Gasteiger partial charge < -0.3 is 20.7 Å². The number of amides is 1. The first kappa shape index (κ1) is 39.9. The van der Waals surface area contributed by atoms with Gasteiger partial charge >= 0.3 is 12.2 Å². The van der Waals surface area contributed by atoms with Crippen LogP contribution in [0.25, 0.3) is 32.1 Å². The zero-order chi connectivity index (χ0) is 39.6. The number of alkyl halides is 4. The average molecular weight is 806 g/mol. The molecule has 11 nitrogen and oxygen atoms in total. The van der Waals surface area contributed by atoms with Gasteiger partial charge in [0.1, 0.15) is 40.2 Å². The number of nitriles is 1. The van der Waals surface area contributed by atoms with Gasteiger partial charge in [-0.15, -0.1) is 11.3 Å². The minimum absolute atomic E-state index is 0.0444. The van der Waals surface area contributed by atoms with E-state index in [1.54, 1.807) is 19.9 Å². The van der Waals surface area contributed by atoms with E-state index >= 15 is 4.39 Å². The number of aromatic nitrogens is 4. The minimum Gasteiger partial charge on any atom is -0.467 e. The summed E-state index contributed by atoms with van der Waals surface area (Å²) in [4.78, 5) is 27.8. The molecule has 8 rings (SSSR count). The summed E-state index contributed by atoms with van der Waals surface area (Å²) in [6.07, 6.45) is 0.0450. The number of likely N-dealkylation sites (tertiary alicyclic amines) is 1. The molecule has 55 heavy (non-hydrogen) atoms. The lowest BCUT2D eigenvalue weighted by atomic mass is 9.92. The third kappa shape index (κ3) is 8.26. The molecule has 0 bridgehead atoms. The summed E-state index contributed by atoms with van der Waals surface area (Å²) in [6, 6.07) is 4.75. The fourth-order valence-electron chi connectivity index (χ4n) is 7.06. The number of benzene rings is 2. The summed E-state index contributed by atoms with van der Waals surface area (Å²) >= 11 is 1.89. The Morgan fingerprint density at radius 2 is 1.89 bits per heavy atom. The molecule has 3 saturated heterocycles. The number of anilines is 2. The molecule has 0 radical (unpaired) electrons. The van der Waals surface area contributed by atoms with Crippen LogP contribution in [0.1, 0.15) is 65.8 Å². The van der Waals surface area contributed by atoms with Gasteiger partial charge in [-0.25, -0.2) is 18.2 Å². The lowest BCUT2D eigenvalue weighted by molar-refractivity contribution is -0.137. The van der Waals surface area contributed by atoms with Crippen LogP contribution in [0.2, 0.25) is 0 Å². The van der Waals surface area contributed by atoms with Gasteiger partial charge in [0, 0.05) is 48.6 Å². The number of nitrogens with zero attached hydrogens (tertiary/aromatic N) is 7. The van der Waals surface area contributed by atoms with E-state index < -0.39 is 40.6 Å². The number of hydrogen-bond donors (Lipinski definition) is 2. The molecule has 2 unspecified atom stereocenters. The molecule has 5 aromatic rings. The Hall–Kier alpha value is -4.80. The minimum atomic E-state index is -5.00. The number of fused-ring (bicyclic) bond motifs is 3. The van der Waals surface area contributed by atoms with E-state index in [9.17, 15) is 32.0 Å². The third-order valence-corrected chi connectivity index (χ3v) is 11.3. The standard InChI is InChI=1S/C21H14F5N5OS.C8H11N3OS.C7H12FN/c1-3-29-19-9-6-11(21(24,25)26)14(15(23)16(9)30-20(31-19)32-2)8-4-5-12(22)17-13(8)10(7-27)18(28)33-17;1-6-9-7(13-10-6)8(12)11-4-2-3-5-11;8-6-4-7-2-1-3-9(7)5-6/h4-6H,3,28H2,1-2H3,(H,29,30,31);2-5H2,1H3;6-7H,1-5H2. The number of methoxy groups -OCH3 is 1.